The van der Waals surface area contributed by atoms with Gasteiger partial charge in [0.1, 0.15) is 0 Å². The SMILES string of the molecule is CN(C)OC(c1ccccc1)(c1ccccc1)c1ccccc1. The lowest BCUT2D eigenvalue weighted by atomic mass is 9.80. The number of rotatable bonds is 5. The van der Waals surface area contributed by atoms with Crippen LogP contribution >= 0.6 is 0 Å². The maximum Gasteiger partial charge on any atom is 0.165 e. The number of nitrogens with zero attached hydrogens (tertiary/aromatic N) is 1. The highest BCUT2D eigenvalue weighted by molar-refractivity contribution is 5.47. The summed E-state index contributed by atoms with van der Waals surface area (Å²) in [7, 11) is 3.84. The van der Waals surface area contributed by atoms with E-state index < -0.39 is 5.60 Å². The van der Waals surface area contributed by atoms with Crippen molar-refractivity contribution in [2.24, 2.45) is 0 Å². The van der Waals surface area contributed by atoms with E-state index in [-0.39, 0.29) is 0 Å². The predicted molar refractivity (Wildman–Crippen MR) is 94.0 cm³/mol. The van der Waals surface area contributed by atoms with Gasteiger partial charge in [0, 0.05) is 14.1 Å². The summed E-state index contributed by atoms with van der Waals surface area (Å²) in [6.07, 6.45) is 0. The zero-order valence-corrected chi connectivity index (χ0v) is 13.5. The zero-order valence-electron chi connectivity index (χ0n) is 13.5. The first-order valence-corrected chi connectivity index (χ1v) is 7.76. The van der Waals surface area contributed by atoms with Crippen molar-refractivity contribution in [1.82, 2.24) is 5.06 Å². The second kappa shape index (κ2) is 6.78. The van der Waals surface area contributed by atoms with Crippen molar-refractivity contribution in [1.29, 1.82) is 0 Å². The molecule has 0 aliphatic carbocycles. The molecule has 116 valence electrons. The largest absolute Gasteiger partial charge is 0.278 e. The molecule has 0 aliphatic heterocycles. The Hall–Kier alpha value is -2.42. The molecule has 0 spiro atoms. The van der Waals surface area contributed by atoms with Gasteiger partial charge in [0.2, 0.25) is 0 Å². The van der Waals surface area contributed by atoms with Crippen molar-refractivity contribution in [2.75, 3.05) is 14.1 Å². The Bertz CT molecular complexity index is 627. The molecule has 3 aromatic carbocycles. The molecule has 3 aromatic rings. The molecule has 2 heteroatoms. The van der Waals surface area contributed by atoms with Gasteiger partial charge in [0.15, 0.2) is 5.60 Å². The number of hydrogen-bond donors (Lipinski definition) is 0. The number of benzene rings is 3. The lowest BCUT2D eigenvalue weighted by Crippen LogP contribution is -2.37. The molecule has 0 radical (unpaired) electrons. The third kappa shape index (κ3) is 3.04. The fraction of sp³-hybridized carbons (Fsp3) is 0.143. The van der Waals surface area contributed by atoms with Gasteiger partial charge in [-0.1, -0.05) is 91.0 Å². The van der Waals surface area contributed by atoms with Crippen LogP contribution < -0.4 is 0 Å². The topological polar surface area (TPSA) is 12.5 Å². The second-order valence-electron chi connectivity index (χ2n) is 5.68. The van der Waals surface area contributed by atoms with E-state index in [1.807, 2.05) is 32.3 Å². The maximum atomic E-state index is 6.43. The van der Waals surface area contributed by atoms with Crippen LogP contribution in [0, 0.1) is 0 Å². The monoisotopic (exact) mass is 303 g/mol. The smallest absolute Gasteiger partial charge is 0.165 e. The van der Waals surface area contributed by atoms with Crippen LogP contribution in [0.1, 0.15) is 16.7 Å². The van der Waals surface area contributed by atoms with Gasteiger partial charge in [-0.15, -0.1) is 0 Å². The van der Waals surface area contributed by atoms with E-state index in [0.717, 1.165) is 16.7 Å². The fourth-order valence-corrected chi connectivity index (χ4v) is 2.95. The molecule has 0 N–H and O–H groups in total. The summed E-state index contributed by atoms with van der Waals surface area (Å²) in [5, 5.41) is 1.77. The quantitative estimate of drug-likeness (QED) is 0.509. The van der Waals surface area contributed by atoms with Crippen LogP contribution in [-0.2, 0) is 10.4 Å². The Balaban J connectivity index is 2.30. The summed E-state index contributed by atoms with van der Waals surface area (Å²) in [4.78, 5) is 6.43. The second-order valence-corrected chi connectivity index (χ2v) is 5.68. The number of hydroxylamine groups is 2. The van der Waals surface area contributed by atoms with Crippen LogP contribution in [0.2, 0.25) is 0 Å². The van der Waals surface area contributed by atoms with E-state index >= 15 is 0 Å². The normalized spacial score (nSPS) is 11.6. The molecule has 0 fully saturated rings. The Morgan fingerprint density at radius 2 is 0.870 bits per heavy atom. The molecule has 0 heterocycles. The summed E-state index contributed by atoms with van der Waals surface area (Å²) in [6, 6.07) is 31.1. The highest BCUT2D eigenvalue weighted by Crippen LogP contribution is 2.40. The van der Waals surface area contributed by atoms with Gasteiger partial charge in [-0.2, -0.15) is 5.06 Å². The van der Waals surface area contributed by atoms with Crippen molar-refractivity contribution in [3.63, 3.8) is 0 Å². The van der Waals surface area contributed by atoms with E-state index in [1.165, 1.54) is 0 Å². The third-order valence-electron chi connectivity index (χ3n) is 3.86. The predicted octanol–water partition coefficient (Wildman–Crippen LogP) is 4.47. The minimum Gasteiger partial charge on any atom is -0.278 e. The first kappa shape index (κ1) is 15.5. The highest BCUT2D eigenvalue weighted by Gasteiger charge is 2.38. The fourth-order valence-electron chi connectivity index (χ4n) is 2.95. The molecule has 3 rings (SSSR count). The first-order chi connectivity index (χ1) is 11.2. The summed E-state index contributed by atoms with van der Waals surface area (Å²) < 4.78 is 0. The molecule has 0 atom stereocenters. The zero-order chi connectivity index (χ0) is 16.1. The average molecular weight is 303 g/mol. The van der Waals surface area contributed by atoms with Crippen LogP contribution in [0.4, 0.5) is 0 Å². The van der Waals surface area contributed by atoms with E-state index in [0.29, 0.717) is 0 Å². The van der Waals surface area contributed by atoms with Crippen LogP contribution in [0.15, 0.2) is 91.0 Å². The van der Waals surface area contributed by atoms with Crippen LogP contribution in [-0.4, -0.2) is 19.2 Å². The van der Waals surface area contributed by atoms with Crippen molar-refractivity contribution in [2.45, 2.75) is 5.60 Å². The summed E-state index contributed by atoms with van der Waals surface area (Å²) >= 11 is 0. The Labute approximate surface area is 137 Å². The van der Waals surface area contributed by atoms with Crippen molar-refractivity contribution in [3.05, 3.63) is 108 Å². The van der Waals surface area contributed by atoms with E-state index in [2.05, 4.69) is 72.8 Å². The lowest BCUT2D eigenvalue weighted by Gasteiger charge is -2.37. The van der Waals surface area contributed by atoms with Gasteiger partial charge in [0.25, 0.3) is 0 Å². The minimum absolute atomic E-state index is 0.673. The summed E-state index contributed by atoms with van der Waals surface area (Å²) in [5.41, 5.74) is 2.64. The van der Waals surface area contributed by atoms with E-state index in [4.69, 9.17) is 4.84 Å². The van der Waals surface area contributed by atoms with Gasteiger partial charge in [-0.25, -0.2) is 0 Å². The van der Waals surface area contributed by atoms with Gasteiger partial charge in [-0.3, -0.25) is 4.84 Å². The van der Waals surface area contributed by atoms with Gasteiger partial charge in [-0.05, 0) is 16.7 Å². The molecule has 0 bridgehead atoms. The van der Waals surface area contributed by atoms with Crippen LogP contribution in [0.5, 0.6) is 0 Å². The molecule has 0 aromatic heterocycles. The first-order valence-electron chi connectivity index (χ1n) is 7.76. The van der Waals surface area contributed by atoms with E-state index in [9.17, 15) is 0 Å². The molecule has 0 aliphatic rings. The van der Waals surface area contributed by atoms with E-state index in [1.54, 1.807) is 5.06 Å². The third-order valence-corrected chi connectivity index (χ3v) is 3.86. The maximum absolute atomic E-state index is 6.43. The summed E-state index contributed by atoms with van der Waals surface area (Å²) in [6.45, 7) is 0. The Kier molecular flexibility index (Phi) is 4.56. The molecule has 2 nitrogen and oxygen atoms in total. The molecule has 0 saturated carbocycles. The molecule has 0 saturated heterocycles. The van der Waals surface area contributed by atoms with Gasteiger partial charge >= 0.3 is 0 Å². The molecule has 0 amide bonds. The molecular weight excluding hydrogens is 282 g/mol. The van der Waals surface area contributed by atoms with Gasteiger partial charge in [0.05, 0.1) is 0 Å². The van der Waals surface area contributed by atoms with Crippen molar-refractivity contribution >= 4 is 0 Å². The van der Waals surface area contributed by atoms with Crippen LogP contribution in [0.3, 0.4) is 0 Å². The Morgan fingerprint density at radius 3 is 1.13 bits per heavy atom. The van der Waals surface area contributed by atoms with Crippen LogP contribution in [0.25, 0.3) is 0 Å². The van der Waals surface area contributed by atoms with Crippen molar-refractivity contribution in [3.8, 4) is 0 Å². The van der Waals surface area contributed by atoms with Crippen molar-refractivity contribution < 1.29 is 4.84 Å². The highest BCUT2D eigenvalue weighted by atomic mass is 16.7. The lowest BCUT2D eigenvalue weighted by molar-refractivity contribution is -0.191. The van der Waals surface area contributed by atoms with Gasteiger partial charge < -0.3 is 0 Å². The Morgan fingerprint density at radius 1 is 0.565 bits per heavy atom. The average Bonchev–Trinajstić information content (AvgIpc) is 2.62. The number of hydrogen-bond acceptors (Lipinski definition) is 2. The minimum atomic E-state index is -0.673. The molecular formula is C21H21NO. The standard InChI is InChI=1S/C21H21NO/c1-22(2)23-21(18-12-6-3-7-13-18,19-14-8-4-9-15-19)20-16-10-5-11-17-20/h3-17H,1-2H3. The molecule has 0 unspecified atom stereocenters. The summed E-state index contributed by atoms with van der Waals surface area (Å²) in [5.74, 6) is 0. The molecule has 23 heavy (non-hydrogen) atoms.